The molecule has 0 amide bonds. The lowest BCUT2D eigenvalue weighted by atomic mass is 10.1. The summed E-state index contributed by atoms with van der Waals surface area (Å²) in [5, 5.41) is 13.0. The van der Waals surface area contributed by atoms with Crippen LogP contribution in [-0.2, 0) is 7.05 Å². The molecular formula is C11H9BrN2O2. The van der Waals surface area contributed by atoms with Crippen molar-refractivity contribution in [2.75, 3.05) is 0 Å². The molecule has 0 saturated heterocycles. The number of benzene rings is 1. The van der Waals surface area contributed by atoms with Gasteiger partial charge in [-0.25, -0.2) is 4.79 Å². The second-order valence-corrected chi connectivity index (χ2v) is 4.06. The van der Waals surface area contributed by atoms with Crippen molar-refractivity contribution in [1.29, 1.82) is 0 Å². The fourth-order valence-electron chi connectivity index (χ4n) is 1.51. The molecule has 82 valence electrons. The van der Waals surface area contributed by atoms with E-state index in [9.17, 15) is 4.79 Å². The van der Waals surface area contributed by atoms with Crippen LogP contribution in [0.25, 0.3) is 11.1 Å². The van der Waals surface area contributed by atoms with Crippen molar-refractivity contribution in [2.45, 2.75) is 0 Å². The zero-order valence-electron chi connectivity index (χ0n) is 8.51. The van der Waals surface area contributed by atoms with Crippen molar-refractivity contribution >= 4 is 21.9 Å². The molecule has 0 aliphatic rings. The summed E-state index contributed by atoms with van der Waals surface area (Å²) < 4.78 is 2.17. The summed E-state index contributed by atoms with van der Waals surface area (Å²) in [6, 6.07) is 9.32. The Bertz CT molecular complexity index is 534. The van der Waals surface area contributed by atoms with Gasteiger partial charge in [0.15, 0.2) is 5.69 Å². The largest absolute Gasteiger partial charge is 0.476 e. The zero-order chi connectivity index (χ0) is 11.7. The maximum absolute atomic E-state index is 11.1. The Morgan fingerprint density at radius 3 is 2.56 bits per heavy atom. The van der Waals surface area contributed by atoms with Crippen molar-refractivity contribution < 1.29 is 9.90 Å². The molecule has 1 aromatic carbocycles. The van der Waals surface area contributed by atoms with E-state index in [1.807, 2.05) is 30.3 Å². The third-order valence-electron chi connectivity index (χ3n) is 2.24. The molecule has 0 aliphatic carbocycles. The average Bonchev–Trinajstić information content (AvgIpc) is 2.57. The molecular weight excluding hydrogens is 272 g/mol. The second kappa shape index (κ2) is 4.09. The van der Waals surface area contributed by atoms with Crippen molar-refractivity contribution in [1.82, 2.24) is 9.78 Å². The van der Waals surface area contributed by atoms with Gasteiger partial charge in [0, 0.05) is 12.6 Å². The van der Waals surface area contributed by atoms with Crippen molar-refractivity contribution in [2.24, 2.45) is 7.05 Å². The lowest BCUT2D eigenvalue weighted by Crippen LogP contribution is -2.00. The Morgan fingerprint density at radius 2 is 2.00 bits per heavy atom. The molecule has 0 fully saturated rings. The monoisotopic (exact) mass is 280 g/mol. The Hall–Kier alpha value is -1.62. The van der Waals surface area contributed by atoms with Crippen LogP contribution in [0, 0.1) is 0 Å². The van der Waals surface area contributed by atoms with E-state index in [4.69, 9.17) is 5.11 Å². The Labute approximate surface area is 101 Å². The summed E-state index contributed by atoms with van der Waals surface area (Å²) >= 11 is 3.34. The molecule has 16 heavy (non-hydrogen) atoms. The summed E-state index contributed by atoms with van der Waals surface area (Å²) in [7, 11) is 1.70. The Morgan fingerprint density at radius 1 is 1.38 bits per heavy atom. The van der Waals surface area contributed by atoms with Gasteiger partial charge in [0.05, 0.1) is 0 Å². The van der Waals surface area contributed by atoms with E-state index in [1.54, 1.807) is 7.05 Å². The molecule has 0 atom stereocenters. The maximum Gasteiger partial charge on any atom is 0.357 e. The summed E-state index contributed by atoms with van der Waals surface area (Å²) in [5.74, 6) is -1.03. The highest BCUT2D eigenvalue weighted by atomic mass is 79.9. The highest BCUT2D eigenvalue weighted by Gasteiger charge is 2.20. The van der Waals surface area contributed by atoms with Gasteiger partial charge in [-0.1, -0.05) is 30.3 Å². The van der Waals surface area contributed by atoms with E-state index in [-0.39, 0.29) is 5.69 Å². The summed E-state index contributed by atoms with van der Waals surface area (Å²) in [6.45, 7) is 0. The quantitative estimate of drug-likeness (QED) is 0.920. The molecule has 0 saturated carbocycles. The molecule has 0 spiro atoms. The first kappa shape index (κ1) is 10.9. The van der Waals surface area contributed by atoms with Crippen molar-refractivity contribution in [3.8, 4) is 11.1 Å². The molecule has 1 N–H and O–H groups in total. The predicted molar refractivity (Wildman–Crippen MR) is 63.3 cm³/mol. The molecule has 0 unspecified atom stereocenters. The molecule has 2 rings (SSSR count). The van der Waals surface area contributed by atoms with Crippen LogP contribution in [-0.4, -0.2) is 20.9 Å². The van der Waals surface area contributed by atoms with E-state index in [2.05, 4.69) is 21.0 Å². The number of carbonyl (C=O) groups is 1. The van der Waals surface area contributed by atoms with Crippen LogP contribution in [0.2, 0.25) is 0 Å². The number of aromatic nitrogens is 2. The van der Waals surface area contributed by atoms with E-state index in [1.165, 1.54) is 4.68 Å². The highest BCUT2D eigenvalue weighted by molar-refractivity contribution is 9.10. The predicted octanol–water partition coefficient (Wildman–Crippen LogP) is 2.55. The van der Waals surface area contributed by atoms with Crippen LogP contribution in [0.15, 0.2) is 34.9 Å². The number of aromatic carboxylic acids is 1. The van der Waals surface area contributed by atoms with Crippen LogP contribution in [0.1, 0.15) is 10.5 Å². The third kappa shape index (κ3) is 1.74. The lowest BCUT2D eigenvalue weighted by molar-refractivity contribution is 0.0690. The zero-order valence-corrected chi connectivity index (χ0v) is 10.1. The number of rotatable bonds is 2. The minimum absolute atomic E-state index is 0.0561. The molecule has 5 heteroatoms. The first-order valence-electron chi connectivity index (χ1n) is 4.62. The SMILES string of the molecule is Cn1nc(C(=O)O)c(-c2ccccc2)c1Br. The van der Waals surface area contributed by atoms with Gasteiger partial charge < -0.3 is 5.11 Å². The minimum atomic E-state index is -1.03. The van der Waals surface area contributed by atoms with Gasteiger partial charge in [0.25, 0.3) is 0 Å². The number of halogens is 1. The van der Waals surface area contributed by atoms with Crippen LogP contribution in [0.5, 0.6) is 0 Å². The number of nitrogens with zero attached hydrogens (tertiary/aromatic N) is 2. The second-order valence-electron chi connectivity index (χ2n) is 3.31. The standard InChI is InChI=1S/C11H9BrN2O2/c1-14-10(12)8(9(13-14)11(15)16)7-5-3-2-4-6-7/h2-6H,1H3,(H,15,16). The molecule has 4 nitrogen and oxygen atoms in total. The van der Waals surface area contributed by atoms with E-state index >= 15 is 0 Å². The molecule has 1 heterocycles. The average molecular weight is 281 g/mol. The molecule has 0 bridgehead atoms. The van der Waals surface area contributed by atoms with E-state index in [0.29, 0.717) is 10.2 Å². The lowest BCUT2D eigenvalue weighted by Gasteiger charge is -2.00. The first-order valence-corrected chi connectivity index (χ1v) is 5.41. The summed E-state index contributed by atoms with van der Waals surface area (Å²) in [4.78, 5) is 11.1. The smallest absolute Gasteiger partial charge is 0.357 e. The van der Waals surface area contributed by atoms with Crippen LogP contribution in [0.3, 0.4) is 0 Å². The molecule has 1 aromatic heterocycles. The highest BCUT2D eigenvalue weighted by Crippen LogP contribution is 2.30. The summed E-state index contributed by atoms with van der Waals surface area (Å²) in [5.41, 5.74) is 1.50. The number of aryl methyl sites for hydroxylation is 1. The van der Waals surface area contributed by atoms with Gasteiger partial charge in [0.1, 0.15) is 4.60 Å². The fourth-order valence-corrected chi connectivity index (χ4v) is 2.01. The number of carboxylic acid groups (broad SMARTS) is 1. The molecule has 0 radical (unpaired) electrons. The van der Waals surface area contributed by atoms with Crippen molar-refractivity contribution in [3.05, 3.63) is 40.6 Å². The summed E-state index contributed by atoms with van der Waals surface area (Å²) in [6.07, 6.45) is 0. The minimum Gasteiger partial charge on any atom is -0.476 e. The normalized spacial score (nSPS) is 10.4. The Kier molecular flexibility index (Phi) is 2.78. The van der Waals surface area contributed by atoms with Gasteiger partial charge in [0.2, 0.25) is 0 Å². The topological polar surface area (TPSA) is 55.1 Å². The molecule has 0 aliphatic heterocycles. The van der Waals surface area contributed by atoms with Crippen molar-refractivity contribution in [3.63, 3.8) is 0 Å². The van der Waals surface area contributed by atoms with Crippen LogP contribution < -0.4 is 0 Å². The number of hydrogen-bond acceptors (Lipinski definition) is 2. The van der Waals surface area contributed by atoms with Crippen LogP contribution >= 0.6 is 15.9 Å². The molecule has 2 aromatic rings. The number of hydrogen-bond donors (Lipinski definition) is 1. The van der Waals surface area contributed by atoms with E-state index < -0.39 is 5.97 Å². The van der Waals surface area contributed by atoms with Gasteiger partial charge in [-0.3, -0.25) is 4.68 Å². The van der Waals surface area contributed by atoms with Crippen LogP contribution in [0.4, 0.5) is 0 Å². The Balaban J connectivity index is 2.68. The first-order chi connectivity index (χ1) is 7.61. The van der Waals surface area contributed by atoms with Gasteiger partial charge in [-0.05, 0) is 21.5 Å². The van der Waals surface area contributed by atoms with Gasteiger partial charge in [-0.2, -0.15) is 5.10 Å². The van der Waals surface area contributed by atoms with Gasteiger partial charge >= 0.3 is 5.97 Å². The fraction of sp³-hybridized carbons (Fsp3) is 0.0909. The van der Waals surface area contributed by atoms with E-state index in [0.717, 1.165) is 5.56 Å². The van der Waals surface area contributed by atoms with Gasteiger partial charge in [-0.15, -0.1) is 0 Å². The third-order valence-corrected chi connectivity index (χ3v) is 3.15. The number of carboxylic acids is 1. The maximum atomic E-state index is 11.1.